The molecule has 0 aromatic heterocycles. The molecule has 0 saturated carbocycles. The highest BCUT2D eigenvalue weighted by molar-refractivity contribution is 5.95. The number of hydrogen-bond acceptors (Lipinski definition) is 0. The molecule has 3 aromatic rings. The van der Waals surface area contributed by atoms with Gasteiger partial charge in [0.1, 0.15) is 0 Å². The van der Waals surface area contributed by atoms with Crippen LogP contribution < -0.4 is 0 Å². The van der Waals surface area contributed by atoms with Crippen LogP contribution >= 0.6 is 0 Å². The average molecular weight is 353 g/mol. The van der Waals surface area contributed by atoms with Crippen molar-refractivity contribution in [3.63, 3.8) is 0 Å². The van der Waals surface area contributed by atoms with Crippen molar-refractivity contribution >= 4 is 11.6 Å². The summed E-state index contributed by atoms with van der Waals surface area (Å²) in [6.45, 7) is 11.3. The van der Waals surface area contributed by atoms with Gasteiger partial charge >= 0.3 is 0 Å². The standard InChI is InChI=1S/C27H28/c1-18-13-19(2)15-23(14-18)26-24-17-22(20-9-7-6-8-10-20)16-21(24)11-12-25(26)27(3,4)5/h6-15,17H,16H2,1-5H3. The van der Waals surface area contributed by atoms with Crippen molar-refractivity contribution in [3.8, 4) is 11.1 Å². The molecule has 0 nitrogen and oxygen atoms in total. The van der Waals surface area contributed by atoms with E-state index in [0.29, 0.717) is 0 Å². The van der Waals surface area contributed by atoms with Gasteiger partial charge in [-0.15, -0.1) is 0 Å². The first-order chi connectivity index (χ1) is 12.8. The van der Waals surface area contributed by atoms with Gasteiger partial charge in [-0.1, -0.05) is 92.6 Å². The molecule has 4 rings (SSSR count). The van der Waals surface area contributed by atoms with Crippen molar-refractivity contribution in [2.24, 2.45) is 0 Å². The second-order valence-corrected chi connectivity index (χ2v) is 8.90. The van der Waals surface area contributed by atoms with E-state index in [2.05, 4.69) is 101 Å². The zero-order chi connectivity index (χ0) is 19.2. The van der Waals surface area contributed by atoms with Gasteiger partial charge in [-0.3, -0.25) is 0 Å². The van der Waals surface area contributed by atoms with Crippen LogP contribution in [0.3, 0.4) is 0 Å². The minimum Gasteiger partial charge on any atom is -0.0622 e. The molecule has 0 heteroatoms. The molecule has 136 valence electrons. The zero-order valence-corrected chi connectivity index (χ0v) is 17.1. The summed E-state index contributed by atoms with van der Waals surface area (Å²) < 4.78 is 0. The molecule has 0 bridgehead atoms. The molecule has 3 aromatic carbocycles. The fraction of sp³-hybridized carbons (Fsp3) is 0.259. The number of benzene rings is 3. The summed E-state index contributed by atoms with van der Waals surface area (Å²) in [6.07, 6.45) is 3.44. The fourth-order valence-electron chi connectivity index (χ4n) is 4.30. The predicted octanol–water partition coefficient (Wildman–Crippen LogP) is 7.36. The maximum absolute atomic E-state index is 2.42. The van der Waals surface area contributed by atoms with Gasteiger partial charge in [0, 0.05) is 0 Å². The Labute approximate surface area is 163 Å². The first kappa shape index (κ1) is 17.8. The lowest BCUT2D eigenvalue weighted by Gasteiger charge is -2.25. The van der Waals surface area contributed by atoms with E-state index in [9.17, 15) is 0 Å². The molecule has 0 fully saturated rings. The van der Waals surface area contributed by atoms with Crippen LogP contribution in [0.1, 0.15) is 54.2 Å². The van der Waals surface area contributed by atoms with Crippen LogP contribution in [-0.4, -0.2) is 0 Å². The van der Waals surface area contributed by atoms with E-state index in [0.717, 1.165) is 6.42 Å². The molecule has 27 heavy (non-hydrogen) atoms. The summed E-state index contributed by atoms with van der Waals surface area (Å²) in [5.41, 5.74) is 12.5. The van der Waals surface area contributed by atoms with Crippen molar-refractivity contribution in [2.75, 3.05) is 0 Å². The molecule has 0 radical (unpaired) electrons. The summed E-state index contributed by atoms with van der Waals surface area (Å²) >= 11 is 0. The summed E-state index contributed by atoms with van der Waals surface area (Å²) in [6, 6.07) is 22.4. The van der Waals surface area contributed by atoms with Crippen molar-refractivity contribution in [3.05, 3.63) is 94.0 Å². The summed E-state index contributed by atoms with van der Waals surface area (Å²) in [4.78, 5) is 0. The second kappa shape index (κ2) is 6.53. The fourth-order valence-corrected chi connectivity index (χ4v) is 4.30. The highest BCUT2D eigenvalue weighted by Crippen LogP contribution is 2.43. The van der Waals surface area contributed by atoms with Gasteiger partial charge in [0.15, 0.2) is 0 Å². The van der Waals surface area contributed by atoms with Gasteiger partial charge in [-0.05, 0) is 70.7 Å². The van der Waals surface area contributed by atoms with Crippen LogP contribution in [-0.2, 0) is 11.8 Å². The first-order valence-corrected chi connectivity index (χ1v) is 9.84. The zero-order valence-electron chi connectivity index (χ0n) is 17.1. The van der Waals surface area contributed by atoms with Crippen LogP contribution in [0.2, 0.25) is 0 Å². The van der Waals surface area contributed by atoms with Gasteiger partial charge in [0.05, 0.1) is 0 Å². The normalized spacial score (nSPS) is 13.4. The lowest BCUT2D eigenvalue weighted by Crippen LogP contribution is -2.14. The van der Waals surface area contributed by atoms with E-state index < -0.39 is 0 Å². The Morgan fingerprint density at radius 2 is 1.41 bits per heavy atom. The molecule has 0 aliphatic heterocycles. The number of allylic oxidation sites excluding steroid dienone is 1. The van der Waals surface area contributed by atoms with Crippen LogP contribution in [0.5, 0.6) is 0 Å². The lowest BCUT2D eigenvalue weighted by atomic mass is 9.79. The minimum absolute atomic E-state index is 0.103. The molecule has 0 atom stereocenters. The molecule has 0 spiro atoms. The minimum atomic E-state index is 0.103. The van der Waals surface area contributed by atoms with E-state index in [1.54, 1.807) is 0 Å². The number of fused-ring (bicyclic) bond motifs is 1. The Morgan fingerprint density at radius 3 is 2.04 bits per heavy atom. The average Bonchev–Trinajstić information content (AvgIpc) is 3.04. The third-order valence-corrected chi connectivity index (χ3v) is 5.50. The molecule has 0 N–H and O–H groups in total. The summed E-state index contributed by atoms with van der Waals surface area (Å²) in [7, 11) is 0. The Bertz CT molecular complexity index is 1010. The SMILES string of the molecule is Cc1cc(C)cc(-c2c(C(C)(C)C)ccc3c2C=C(c2ccccc2)C3)c1. The maximum Gasteiger partial charge on any atom is -0.00134 e. The smallest absolute Gasteiger partial charge is 0.00134 e. The van der Waals surface area contributed by atoms with E-state index in [1.807, 2.05) is 0 Å². The molecule has 1 aliphatic carbocycles. The molecule has 0 saturated heterocycles. The Kier molecular flexibility index (Phi) is 4.30. The molecular formula is C27H28. The van der Waals surface area contributed by atoms with Gasteiger partial charge in [0.2, 0.25) is 0 Å². The van der Waals surface area contributed by atoms with Crippen LogP contribution in [0.15, 0.2) is 60.7 Å². The lowest BCUT2D eigenvalue weighted by molar-refractivity contribution is 0.591. The third kappa shape index (κ3) is 3.37. The second-order valence-electron chi connectivity index (χ2n) is 8.90. The quantitative estimate of drug-likeness (QED) is 0.452. The van der Waals surface area contributed by atoms with Crippen molar-refractivity contribution in [2.45, 2.75) is 46.5 Å². The van der Waals surface area contributed by atoms with Crippen molar-refractivity contribution in [1.82, 2.24) is 0 Å². The van der Waals surface area contributed by atoms with Gasteiger partial charge in [0.25, 0.3) is 0 Å². The number of aryl methyl sites for hydroxylation is 2. The largest absolute Gasteiger partial charge is 0.0622 e. The predicted molar refractivity (Wildman–Crippen MR) is 118 cm³/mol. The Hall–Kier alpha value is -2.60. The van der Waals surface area contributed by atoms with Crippen molar-refractivity contribution in [1.29, 1.82) is 0 Å². The summed E-state index contributed by atoms with van der Waals surface area (Å²) in [5.74, 6) is 0. The highest BCUT2D eigenvalue weighted by Gasteiger charge is 2.25. The van der Waals surface area contributed by atoms with Gasteiger partial charge in [-0.2, -0.15) is 0 Å². The highest BCUT2D eigenvalue weighted by atomic mass is 14.3. The first-order valence-electron chi connectivity index (χ1n) is 9.84. The summed E-state index contributed by atoms with van der Waals surface area (Å²) in [5, 5.41) is 0. The van der Waals surface area contributed by atoms with E-state index in [4.69, 9.17) is 0 Å². The Balaban J connectivity index is 1.97. The van der Waals surface area contributed by atoms with E-state index >= 15 is 0 Å². The number of rotatable bonds is 2. The monoisotopic (exact) mass is 352 g/mol. The van der Waals surface area contributed by atoms with Gasteiger partial charge in [-0.25, -0.2) is 0 Å². The van der Waals surface area contributed by atoms with Crippen LogP contribution in [0, 0.1) is 13.8 Å². The molecule has 0 unspecified atom stereocenters. The molecule has 0 amide bonds. The van der Waals surface area contributed by atoms with Crippen LogP contribution in [0.25, 0.3) is 22.8 Å². The third-order valence-electron chi connectivity index (χ3n) is 5.50. The van der Waals surface area contributed by atoms with Gasteiger partial charge < -0.3 is 0 Å². The molecular weight excluding hydrogens is 324 g/mol. The van der Waals surface area contributed by atoms with Crippen LogP contribution in [0.4, 0.5) is 0 Å². The molecule has 1 aliphatic rings. The maximum atomic E-state index is 2.42. The van der Waals surface area contributed by atoms with E-state index in [1.165, 1.54) is 50.1 Å². The van der Waals surface area contributed by atoms with E-state index in [-0.39, 0.29) is 5.41 Å². The topological polar surface area (TPSA) is 0 Å². The molecule has 0 heterocycles. The number of hydrogen-bond donors (Lipinski definition) is 0. The Morgan fingerprint density at radius 1 is 0.741 bits per heavy atom. The van der Waals surface area contributed by atoms with Crippen molar-refractivity contribution < 1.29 is 0 Å².